The summed E-state index contributed by atoms with van der Waals surface area (Å²) in [5, 5.41) is 39.5. The second kappa shape index (κ2) is 26.0. The van der Waals surface area contributed by atoms with Crippen molar-refractivity contribution in [1.29, 1.82) is 0 Å². The number of esters is 1. The lowest BCUT2D eigenvalue weighted by Crippen LogP contribution is -2.58. The number of hydrogen-bond donors (Lipinski definition) is 4. The number of carbonyl (C=O) groups excluding carboxylic acids is 4. The van der Waals surface area contributed by atoms with Crippen LogP contribution in [0.1, 0.15) is 119 Å². The van der Waals surface area contributed by atoms with E-state index in [2.05, 4.69) is 15.6 Å². The fraction of sp³-hybridized carbons (Fsp3) is 0.574. The Bertz CT molecular complexity index is 2070. The van der Waals surface area contributed by atoms with Gasteiger partial charge in [0, 0.05) is 43.5 Å². The molecule has 6 unspecified atom stereocenters. The number of likely N-dealkylation sites (N-methyl/N-ethyl adjacent to an activating group) is 1. The van der Waals surface area contributed by atoms with Gasteiger partial charge in [-0.05, 0) is 92.9 Å². The van der Waals surface area contributed by atoms with Crippen LogP contribution in [-0.2, 0) is 46.5 Å². The normalized spacial score (nSPS) is 16.9. The Balaban J connectivity index is 1.59. The Morgan fingerprint density at radius 3 is 2.27 bits per heavy atom. The number of non-ortho nitro benzene ring substituents is 1. The number of carboxylic acid groups (broad SMARTS) is 1. The van der Waals surface area contributed by atoms with E-state index in [1.54, 1.807) is 31.2 Å². The van der Waals surface area contributed by atoms with Crippen molar-refractivity contribution < 1.29 is 53.4 Å². The zero-order valence-electron chi connectivity index (χ0n) is 39.0. The van der Waals surface area contributed by atoms with Gasteiger partial charge in [0.1, 0.15) is 22.5 Å². The molecule has 4 rings (SSSR count). The van der Waals surface area contributed by atoms with Crippen molar-refractivity contribution in [2.45, 2.75) is 130 Å². The summed E-state index contributed by atoms with van der Waals surface area (Å²) in [5.41, 5.74) is 1.52. The predicted molar refractivity (Wildman–Crippen MR) is 246 cm³/mol. The fourth-order valence-corrected chi connectivity index (χ4v) is 8.56. The molecule has 2 heterocycles. The van der Waals surface area contributed by atoms with Crippen LogP contribution in [0.3, 0.4) is 0 Å². The van der Waals surface area contributed by atoms with Crippen LogP contribution in [-0.4, -0.2) is 111 Å². The highest BCUT2D eigenvalue weighted by Crippen LogP contribution is 2.32. The van der Waals surface area contributed by atoms with Crippen LogP contribution in [0, 0.1) is 27.9 Å². The standard InChI is InChI=1S/C47H66N6O12S/c1-8-30(4)42(50-44(57)39-12-9-10-21-51(39)7)46(58)52(64-23-11-22-63-27-34-13-17-36(18-14-34)53(61)62)40(29(2)3)26-41(65-32(6)54)45-49-38(28-66-45)43(56)48-35(24-31(5)47(59)60)25-33-15-19-37(55)20-16-33/h13-20,28-31,35,39-42,55H,8-12,21-27H2,1-7H3,(H,48,56)(H,50,57)(H,59,60)/t30?,31?,35?,39-,40?,41?,42?/m1/s1. The molecule has 4 N–H and O–H groups in total. The van der Waals surface area contributed by atoms with E-state index < -0.39 is 64.9 Å². The van der Waals surface area contributed by atoms with Crippen LogP contribution >= 0.6 is 11.3 Å². The Kier molecular flexibility index (Phi) is 20.9. The quantitative estimate of drug-likeness (QED) is 0.0287. The first-order valence-electron chi connectivity index (χ1n) is 22.6. The number of aromatic hydroxyl groups is 1. The summed E-state index contributed by atoms with van der Waals surface area (Å²) < 4.78 is 11.7. The van der Waals surface area contributed by atoms with Crippen LogP contribution < -0.4 is 10.6 Å². The number of nitro groups is 1. The molecule has 19 heteroatoms. The Morgan fingerprint density at radius 1 is 0.985 bits per heavy atom. The first-order valence-corrected chi connectivity index (χ1v) is 23.5. The fourth-order valence-electron chi connectivity index (χ4n) is 7.72. The number of hydrogen-bond acceptors (Lipinski definition) is 14. The number of phenols is 1. The second-order valence-corrected chi connectivity index (χ2v) is 18.3. The molecule has 2 aromatic carbocycles. The van der Waals surface area contributed by atoms with Crippen molar-refractivity contribution in [3.05, 3.63) is 85.9 Å². The average Bonchev–Trinajstić information content (AvgIpc) is 3.78. The number of aliphatic carboxylic acids is 1. The zero-order valence-corrected chi connectivity index (χ0v) is 39.8. The van der Waals surface area contributed by atoms with Crippen molar-refractivity contribution >= 4 is 46.7 Å². The van der Waals surface area contributed by atoms with Crippen LogP contribution in [0.2, 0.25) is 0 Å². The highest BCUT2D eigenvalue weighted by atomic mass is 32.1. The van der Waals surface area contributed by atoms with Gasteiger partial charge in [0.15, 0.2) is 6.10 Å². The number of aromatic nitrogens is 1. The summed E-state index contributed by atoms with van der Waals surface area (Å²) in [5.74, 6) is -4.20. The molecule has 362 valence electrons. The molecule has 3 amide bonds. The van der Waals surface area contributed by atoms with Crippen molar-refractivity contribution in [2.24, 2.45) is 17.8 Å². The van der Waals surface area contributed by atoms with Crippen molar-refractivity contribution in [3.63, 3.8) is 0 Å². The maximum absolute atomic E-state index is 14.9. The van der Waals surface area contributed by atoms with E-state index in [1.165, 1.54) is 41.6 Å². The molecular weight excluding hydrogens is 873 g/mol. The molecule has 3 aromatic rings. The molecule has 0 spiro atoms. The molecule has 18 nitrogen and oxygen atoms in total. The van der Waals surface area contributed by atoms with E-state index >= 15 is 0 Å². The number of likely N-dealkylation sites (tertiary alicyclic amines) is 1. The summed E-state index contributed by atoms with van der Waals surface area (Å²) in [6, 6.07) is 9.77. The number of benzene rings is 2. The average molecular weight is 939 g/mol. The SMILES string of the molecule is CCC(C)C(NC(=O)[C@H]1CCCCN1C)C(=O)N(OCCCOCc1ccc([N+](=O)[O-])cc1)C(CC(OC(C)=O)c1nc(C(=O)NC(Cc2ccc(O)cc2)CC(C)C(=O)O)cs1)C(C)C. The number of phenolic OH excluding ortho intramolecular Hbond substituents is 1. The number of carbonyl (C=O) groups is 5. The highest BCUT2D eigenvalue weighted by molar-refractivity contribution is 7.09. The number of nitrogens with zero attached hydrogens (tertiary/aromatic N) is 4. The van der Waals surface area contributed by atoms with Crippen LogP contribution in [0.5, 0.6) is 5.75 Å². The van der Waals surface area contributed by atoms with Crippen LogP contribution in [0.15, 0.2) is 53.9 Å². The number of hydroxylamine groups is 2. The van der Waals surface area contributed by atoms with Gasteiger partial charge in [-0.3, -0.25) is 43.8 Å². The van der Waals surface area contributed by atoms with Gasteiger partial charge in [-0.1, -0.05) is 59.6 Å². The number of carboxylic acids is 1. The Morgan fingerprint density at radius 2 is 1.67 bits per heavy atom. The highest BCUT2D eigenvalue weighted by Gasteiger charge is 2.40. The molecule has 1 saturated heterocycles. The molecule has 0 radical (unpaired) electrons. The van der Waals surface area contributed by atoms with E-state index in [0.717, 1.165) is 41.9 Å². The van der Waals surface area contributed by atoms with Gasteiger partial charge in [0.2, 0.25) is 5.91 Å². The minimum Gasteiger partial charge on any atom is -0.508 e. The third-order valence-corrected chi connectivity index (χ3v) is 12.8. The number of nitro benzene ring substituents is 1. The third kappa shape index (κ3) is 16.1. The van der Waals surface area contributed by atoms with Crippen molar-refractivity contribution in [1.82, 2.24) is 25.6 Å². The van der Waals surface area contributed by atoms with E-state index in [1.807, 2.05) is 39.6 Å². The molecule has 0 aliphatic carbocycles. The Labute approximate surface area is 390 Å². The van der Waals surface area contributed by atoms with Gasteiger partial charge in [0.05, 0.1) is 36.1 Å². The first kappa shape index (κ1) is 53.1. The van der Waals surface area contributed by atoms with E-state index in [0.29, 0.717) is 19.3 Å². The molecule has 7 atom stereocenters. The number of amides is 3. The third-order valence-electron chi connectivity index (χ3n) is 11.8. The van der Waals surface area contributed by atoms with Gasteiger partial charge >= 0.3 is 11.9 Å². The molecule has 1 aliphatic heterocycles. The molecule has 1 aliphatic rings. The summed E-state index contributed by atoms with van der Waals surface area (Å²) in [6.45, 7) is 11.7. The smallest absolute Gasteiger partial charge is 0.306 e. The summed E-state index contributed by atoms with van der Waals surface area (Å²) in [4.78, 5) is 90.5. The minimum absolute atomic E-state index is 0.0142. The maximum Gasteiger partial charge on any atom is 0.306 e. The van der Waals surface area contributed by atoms with E-state index in [9.17, 15) is 44.3 Å². The van der Waals surface area contributed by atoms with Gasteiger partial charge in [0.25, 0.3) is 17.5 Å². The number of thiazole rings is 1. The molecule has 0 bridgehead atoms. The Hall–Kier alpha value is -5.50. The lowest BCUT2D eigenvalue weighted by Gasteiger charge is -2.39. The number of piperidine rings is 1. The van der Waals surface area contributed by atoms with Gasteiger partial charge in [-0.25, -0.2) is 10.0 Å². The topological polar surface area (TPSA) is 240 Å². The van der Waals surface area contributed by atoms with Gasteiger partial charge < -0.3 is 30.3 Å². The second-order valence-electron chi connectivity index (χ2n) is 17.4. The monoisotopic (exact) mass is 938 g/mol. The molecular formula is C47H66N6O12S. The number of rotatable bonds is 26. The van der Waals surface area contributed by atoms with Gasteiger partial charge in [-0.15, -0.1) is 11.3 Å². The number of nitrogens with one attached hydrogen (secondary N) is 2. The van der Waals surface area contributed by atoms with E-state index in [4.69, 9.17) is 14.3 Å². The summed E-state index contributed by atoms with van der Waals surface area (Å²) in [7, 11) is 1.90. The van der Waals surface area contributed by atoms with Gasteiger partial charge in [-0.2, -0.15) is 0 Å². The molecule has 1 fully saturated rings. The lowest BCUT2D eigenvalue weighted by atomic mass is 9.93. The predicted octanol–water partition coefficient (Wildman–Crippen LogP) is 6.61. The van der Waals surface area contributed by atoms with Crippen LogP contribution in [0.4, 0.5) is 5.69 Å². The zero-order chi connectivity index (χ0) is 48.5. The maximum atomic E-state index is 14.9. The van der Waals surface area contributed by atoms with Crippen molar-refractivity contribution in [3.8, 4) is 5.75 Å². The summed E-state index contributed by atoms with van der Waals surface area (Å²) >= 11 is 1.09. The largest absolute Gasteiger partial charge is 0.508 e. The minimum atomic E-state index is -1.03. The molecule has 66 heavy (non-hydrogen) atoms. The lowest BCUT2D eigenvalue weighted by molar-refractivity contribution is -0.384. The van der Waals surface area contributed by atoms with Crippen molar-refractivity contribution in [2.75, 3.05) is 26.8 Å². The van der Waals surface area contributed by atoms with Crippen LogP contribution in [0.25, 0.3) is 0 Å². The molecule has 0 saturated carbocycles. The number of ether oxygens (including phenoxy) is 2. The van der Waals surface area contributed by atoms with E-state index in [-0.39, 0.29) is 79.0 Å². The molecule has 1 aromatic heterocycles. The first-order chi connectivity index (χ1) is 31.4. The summed E-state index contributed by atoms with van der Waals surface area (Å²) in [6.07, 6.45) is 2.85.